The van der Waals surface area contributed by atoms with Crippen LogP contribution in [0.5, 0.6) is 0 Å². The monoisotopic (exact) mass is 367 g/mol. The largest absolute Gasteiger partial charge is 0.350 e. The van der Waals surface area contributed by atoms with Crippen molar-refractivity contribution in [3.8, 4) is 0 Å². The zero-order valence-corrected chi connectivity index (χ0v) is 16.3. The molecule has 2 aromatic rings. The first-order valence-corrected chi connectivity index (χ1v) is 9.40. The van der Waals surface area contributed by atoms with Crippen LogP contribution in [0.1, 0.15) is 47.8 Å². The second kappa shape index (κ2) is 10.4. The van der Waals surface area contributed by atoms with E-state index in [1.807, 2.05) is 49.4 Å². The minimum absolute atomic E-state index is 0.0339. The third kappa shape index (κ3) is 7.13. The number of carbonyl (C=O) groups excluding carboxylic acids is 2. The summed E-state index contributed by atoms with van der Waals surface area (Å²) in [5, 5.41) is 8.64. The molecule has 144 valence electrons. The van der Waals surface area contributed by atoms with Crippen molar-refractivity contribution < 1.29 is 9.59 Å². The Morgan fingerprint density at radius 1 is 0.889 bits per heavy atom. The van der Waals surface area contributed by atoms with E-state index >= 15 is 0 Å². The molecule has 3 N–H and O–H groups in total. The molecule has 0 aliphatic rings. The Labute approximate surface area is 161 Å². The Morgan fingerprint density at radius 2 is 1.52 bits per heavy atom. The number of nitrogens with one attached hydrogen (secondary N) is 3. The van der Waals surface area contributed by atoms with Crippen LogP contribution in [0, 0.1) is 12.8 Å². The lowest BCUT2D eigenvalue weighted by atomic mass is 9.97. The van der Waals surface area contributed by atoms with Gasteiger partial charge >= 0.3 is 6.03 Å². The molecule has 27 heavy (non-hydrogen) atoms. The molecule has 2 aromatic carbocycles. The molecular formula is C22H29N3O2. The van der Waals surface area contributed by atoms with Gasteiger partial charge < -0.3 is 16.0 Å². The molecule has 5 heteroatoms. The first-order chi connectivity index (χ1) is 13.0. The van der Waals surface area contributed by atoms with E-state index in [0.717, 1.165) is 17.5 Å². The van der Waals surface area contributed by atoms with E-state index in [2.05, 4.69) is 29.8 Å². The van der Waals surface area contributed by atoms with Crippen molar-refractivity contribution in [2.75, 3.05) is 13.1 Å². The summed E-state index contributed by atoms with van der Waals surface area (Å²) in [5.74, 6) is 0.323. The van der Waals surface area contributed by atoms with Gasteiger partial charge in [-0.05, 0) is 37.0 Å². The summed E-state index contributed by atoms with van der Waals surface area (Å²) in [6.07, 6.45) is 0.863. The summed E-state index contributed by atoms with van der Waals surface area (Å²) >= 11 is 0. The number of urea groups is 1. The van der Waals surface area contributed by atoms with Gasteiger partial charge in [0.25, 0.3) is 5.91 Å². The first kappa shape index (κ1) is 20.5. The number of hydrogen-bond acceptors (Lipinski definition) is 2. The molecule has 2 rings (SSSR count). The highest BCUT2D eigenvalue weighted by atomic mass is 16.2. The van der Waals surface area contributed by atoms with E-state index < -0.39 is 0 Å². The first-order valence-electron chi connectivity index (χ1n) is 9.40. The molecule has 0 aliphatic heterocycles. The zero-order chi connectivity index (χ0) is 19.6. The third-order valence-corrected chi connectivity index (χ3v) is 4.22. The van der Waals surface area contributed by atoms with Crippen LogP contribution in [0.2, 0.25) is 0 Å². The van der Waals surface area contributed by atoms with Gasteiger partial charge in [-0.25, -0.2) is 4.79 Å². The minimum atomic E-state index is -0.228. The van der Waals surface area contributed by atoms with Crippen molar-refractivity contribution in [3.63, 3.8) is 0 Å². The number of hydrogen-bond donors (Lipinski definition) is 3. The molecule has 1 atom stereocenters. The summed E-state index contributed by atoms with van der Waals surface area (Å²) < 4.78 is 0. The molecule has 0 saturated carbocycles. The van der Waals surface area contributed by atoms with Crippen LogP contribution in [0.15, 0.2) is 54.6 Å². The molecule has 0 bridgehead atoms. The molecule has 0 fully saturated rings. The Bertz CT molecular complexity index is 727. The van der Waals surface area contributed by atoms with Crippen LogP contribution >= 0.6 is 0 Å². The molecule has 0 aliphatic carbocycles. The van der Waals surface area contributed by atoms with Crippen molar-refractivity contribution >= 4 is 11.9 Å². The van der Waals surface area contributed by atoms with Gasteiger partial charge in [-0.2, -0.15) is 0 Å². The van der Waals surface area contributed by atoms with Gasteiger partial charge in [0.15, 0.2) is 0 Å². The molecule has 5 nitrogen and oxygen atoms in total. The predicted octanol–water partition coefficient (Wildman–Crippen LogP) is 3.81. The summed E-state index contributed by atoms with van der Waals surface area (Å²) in [5.41, 5.74) is 2.82. The summed E-state index contributed by atoms with van der Waals surface area (Å²) in [6, 6.07) is 17.1. The van der Waals surface area contributed by atoms with Gasteiger partial charge in [-0.1, -0.05) is 61.9 Å². The van der Waals surface area contributed by atoms with E-state index in [1.165, 1.54) is 0 Å². The molecule has 0 saturated heterocycles. The SMILES string of the molecule is Cc1ccc(C(=O)NCCNC(=O)NC(CC(C)C)c2ccccc2)cc1. The second-order valence-electron chi connectivity index (χ2n) is 7.11. The standard InChI is InChI=1S/C22H29N3O2/c1-16(2)15-20(18-7-5-4-6-8-18)25-22(27)24-14-13-23-21(26)19-11-9-17(3)10-12-19/h4-12,16,20H,13-15H2,1-3H3,(H,23,26)(H2,24,25,27). The fraction of sp³-hybridized carbons (Fsp3) is 0.364. The van der Waals surface area contributed by atoms with Crippen LogP contribution < -0.4 is 16.0 Å². The maximum Gasteiger partial charge on any atom is 0.315 e. The van der Waals surface area contributed by atoms with Crippen LogP contribution in [-0.2, 0) is 0 Å². The molecular weight excluding hydrogens is 338 g/mol. The highest BCUT2D eigenvalue weighted by Crippen LogP contribution is 2.20. The van der Waals surface area contributed by atoms with Gasteiger partial charge in [0, 0.05) is 18.7 Å². The van der Waals surface area contributed by atoms with E-state index in [9.17, 15) is 9.59 Å². The van der Waals surface area contributed by atoms with E-state index in [-0.39, 0.29) is 18.0 Å². The molecule has 0 aromatic heterocycles. The quantitative estimate of drug-likeness (QED) is 0.621. The smallest absolute Gasteiger partial charge is 0.315 e. The average molecular weight is 367 g/mol. The van der Waals surface area contributed by atoms with Crippen LogP contribution in [0.4, 0.5) is 4.79 Å². The summed E-state index contributed by atoms with van der Waals surface area (Å²) in [4.78, 5) is 24.3. The van der Waals surface area contributed by atoms with E-state index in [4.69, 9.17) is 0 Å². The Hall–Kier alpha value is -2.82. The van der Waals surface area contributed by atoms with Gasteiger partial charge in [0.2, 0.25) is 0 Å². The van der Waals surface area contributed by atoms with E-state index in [1.54, 1.807) is 12.1 Å². The average Bonchev–Trinajstić information content (AvgIpc) is 2.65. The Morgan fingerprint density at radius 3 is 2.15 bits per heavy atom. The minimum Gasteiger partial charge on any atom is -0.350 e. The topological polar surface area (TPSA) is 70.2 Å². The lowest BCUT2D eigenvalue weighted by Gasteiger charge is -2.21. The highest BCUT2D eigenvalue weighted by Gasteiger charge is 2.15. The van der Waals surface area contributed by atoms with E-state index in [0.29, 0.717) is 24.6 Å². The lowest BCUT2D eigenvalue weighted by Crippen LogP contribution is -2.42. The number of amides is 3. The molecule has 1 unspecified atom stereocenters. The van der Waals surface area contributed by atoms with Crippen molar-refractivity contribution in [1.82, 2.24) is 16.0 Å². The van der Waals surface area contributed by atoms with Gasteiger partial charge in [-0.15, -0.1) is 0 Å². The normalized spacial score (nSPS) is 11.7. The lowest BCUT2D eigenvalue weighted by molar-refractivity contribution is 0.0954. The van der Waals surface area contributed by atoms with Gasteiger partial charge in [0.05, 0.1) is 6.04 Å². The molecule has 3 amide bonds. The molecule has 0 heterocycles. The third-order valence-electron chi connectivity index (χ3n) is 4.22. The number of rotatable bonds is 8. The van der Waals surface area contributed by atoms with Crippen LogP contribution in [-0.4, -0.2) is 25.0 Å². The summed E-state index contributed by atoms with van der Waals surface area (Å²) in [6.45, 7) is 6.99. The maximum absolute atomic E-state index is 12.2. The predicted molar refractivity (Wildman–Crippen MR) is 109 cm³/mol. The van der Waals surface area contributed by atoms with Gasteiger partial charge in [0.1, 0.15) is 0 Å². The fourth-order valence-electron chi connectivity index (χ4n) is 2.80. The molecule has 0 spiro atoms. The van der Waals surface area contributed by atoms with Crippen LogP contribution in [0.3, 0.4) is 0 Å². The van der Waals surface area contributed by atoms with Crippen LogP contribution in [0.25, 0.3) is 0 Å². The fourth-order valence-corrected chi connectivity index (χ4v) is 2.80. The highest BCUT2D eigenvalue weighted by molar-refractivity contribution is 5.94. The van der Waals surface area contributed by atoms with Crippen molar-refractivity contribution in [1.29, 1.82) is 0 Å². The number of aryl methyl sites for hydroxylation is 1. The second-order valence-corrected chi connectivity index (χ2v) is 7.11. The Balaban J connectivity index is 1.77. The van der Waals surface area contributed by atoms with Crippen molar-refractivity contribution in [2.45, 2.75) is 33.2 Å². The molecule has 0 radical (unpaired) electrons. The Kier molecular flexibility index (Phi) is 7.86. The van der Waals surface area contributed by atoms with Crippen molar-refractivity contribution in [2.24, 2.45) is 5.92 Å². The van der Waals surface area contributed by atoms with Crippen molar-refractivity contribution in [3.05, 3.63) is 71.3 Å². The summed E-state index contributed by atoms with van der Waals surface area (Å²) in [7, 11) is 0. The number of benzene rings is 2. The zero-order valence-electron chi connectivity index (χ0n) is 16.3. The van der Waals surface area contributed by atoms with Gasteiger partial charge in [-0.3, -0.25) is 4.79 Å². The number of carbonyl (C=O) groups is 2. The maximum atomic E-state index is 12.2.